The zero-order valence-electron chi connectivity index (χ0n) is 37.9. The van der Waals surface area contributed by atoms with E-state index in [1.807, 2.05) is 176 Å². The maximum atomic E-state index is 10.1. The SMILES string of the molecule is [C-]#[N+]c1ccc2c(c1)c1cc(C#N)ccc1n2-c1ccc(-c2ccccc2[N+]#[C-])cc1-c1cccc(-n2c3ccc([N+]#[C-])cc3c3cc([N+]#[C-])ccc32)c1-c1nc(-c2ccccc2)nc(-c2ccccc2)n1. The topological polar surface area (TPSA) is 89.8 Å². The van der Waals surface area contributed by atoms with Gasteiger partial charge in [-0.1, -0.05) is 121 Å². The fourth-order valence-electron chi connectivity index (χ4n) is 9.84. The number of rotatable bonds is 7. The largest absolute Gasteiger partial charge is 0.309 e. The molecule has 12 rings (SSSR count). The van der Waals surface area contributed by atoms with Crippen LogP contribution in [0.3, 0.4) is 0 Å². The molecule has 10 heteroatoms. The van der Waals surface area contributed by atoms with E-state index >= 15 is 0 Å². The third-order valence-corrected chi connectivity index (χ3v) is 13.1. The normalized spacial score (nSPS) is 11.0. The molecule has 0 atom stereocenters. The summed E-state index contributed by atoms with van der Waals surface area (Å²) in [5.74, 6) is 1.33. The molecule has 72 heavy (non-hydrogen) atoms. The monoisotopic (exact) mass is 916 g/mol. The second kappa shape index (κ2) is 17.3. The van der Waals surface area contributed by atoms with Crippen LogP contribution in [-0.2, 0) is 0 Å². The summed E-state index contributed by atoms with van der Waals surface area (Å²) in [4.78, 5) is 31.2. The third-order valence-electron chi connectivity index (χ3n) is 13.1. The van der Waals surface area contributed by atoms with Crippen molar-refractivity contribution in [2.75, 3.05) is 0 Å². The van der Waals surface area contributed by atoms with Crippen molar-refractivity contribution in [2.24, 2.45) is 0 Å². The molecule has 0 amide bonds. The van der Waals surface area contributed by atoms with E-state index in [1.54, 1.807) is 0 Å². The van der Waals surface area contributed by atoms with Crippen molar-refractivity contribution in [1.29, 1.82) is 5.26 Å². The number of hydrogen-bond donors (Lipinski definition) is 0. The van der Waals surface area contributed by atoms with Crippen molar-refractivity contribution in [1.82, 2.24) is 24.1 Å². The van der Waals surface area contributed by atoms with Gasteiger partial charge in [-0.2, -0.15) is 5.26 Å². The van der Waals surface area contributed by atoms with Crippen LogP contribution in [0.4, 0.5) is 22.7 Å². The highest BCUT2D eigenvalue weighted by molar-refractivity contribution is 6.13. The van der Waals surface area contributed by atoms with E-state index in [2.05, 4.69) is 52.8 Å². The second-order valence-electron chi connectivity index (χ2n) is 17.1. The molecule has 0 aliphatic rings. The minimum atomic E-state index is 0.388. The fraction of sp³-hybridized carbons (Fsp3) is 0. The number of benzene rings is 9. The molecule has 0 saturated heterocycles. The van der Waals surface area contributed by atoms with Crippen molar-refractivity contribution in [2.45, 2.75) is 0 Å². The first-order valence-electron chi connectivity index (χ1n) is 22.8. The maximum absolute atomic E-state index is 10.1. The van der Waals surface area contributed by atoms with Crippen LogP contribution in [-0.4, -0.2) is 24.1 Å². The number of fused-ring (bicyclic) bond motifs is 6. The molecule has 330 valence electrons. The zero-order valence-corrected chi connectivity index (χ0v) is 37.9. The van der Waals surface area contributed by atoms with Gasteiger partial charge in [0.25, 0.3) is 0 Å². The van der Waals surface area contributed by atoms with Gasteiger partial charge in [0.1, 0.15) is 0 Å². The van der Waals surface area contributed by atoms with Crippen LogP contribution in [0.15, 0.2) is 194 Å². The minimum Gasteiger partial charge on any atom is -0.309 e. The molecular weight excluding hydrogens is 885 g/mol. The predicted molar refractivity (Wildman–Crippen MR) is 285 cm³/mol. The van der Waals surface area contributed by atoms with E-state index in [0.29, 0.717) is 51.3 Å². The van der Waals surface area contributed by atoms with Gasteiger partial charge in [0.2, 0.25) is 0 Å². The molecule has 10 nitrogen and oxygen atoms in total. The Morgan fingerprint density at radius 1 is 0.375 bits per heavy atom. The molecule has 0 N–H and O–H groups in total. The van der Waals surface area contributed by atoms with E-state index in [0.717, 1.165) is 88.4 Å². The van der Waals surface area contributed by atoms with Gasteiger partial charge in [-0.3, -0.25) is 0 Å². The number of nitrogens with zero attached hydrogens (tertiary/aromatic N) is 10. The highest BCUT2D eigenvalue weighted by Crippen LogP contribution is 2.47. The lowest BCUT2D eigenvalue weighted by molar-refractivity contribution is 1.06. The molecular formula is C62H32N10. The first-order chi connectivity index (χ1) is 35.5. The molecule has 0 spiro atoms. The third kappa shape index (κ3) is 6.96. The molecule has 0 bridgehead atoms. The Balaban J connectivity index is 1.27. The molecule has 3 aromatic heterocycles. The molecule has 0 aliphatic carbocycles. The van der Waals surface area contributed by atoms with E-state index < -0.39 is 0 Å². The van der Waals surface area contributed by atoms with Crippen LogP contribution in [0.1, 0.15) is 5.56 Å². The quantitative estimate of drug-likeness (QED) is 0.149. The lowest BCUT2D eigenvalue weighted by atomic mass is 9.92. The van der Waals surface area contributed by atoms with Gasteiger partial charge in [0.05, 0.1) is 76.9 Å². The van der Waals surface area contributed by atoms with Gasteiger partial charge in [-0.05, 0) is 106 Å². The minimum absolute atomic E-state index is 0.388. The first-order valence-corrected chi connectivity index (χ1v) is 22.8. The Labute approximate surface area is 413 Å². The Hall–Kier alpha value is -11.0. The molecule has 0 radical (unpaired) electrons. The highest BCUT2D eigenvalue weighted by Gasteiger charge is 2.26. The molecule has 0 saturated carbocycles. The highest BCUT2D eigenvalue weighted by atomic mass is 15.1. The average molecular weight is 917 g/mol. The first kappa shape index (κ1) is 42.4. The number of hydrogen-bond acceptors (Lipinski definition) is 4. The summed E-state index contributed by atoms with van der Waals surface area (Å²) in [6, 6.07) is 64.4. The predicted octanol–water partition coefficient (Wildman–Crippen LogP) is 16.5. The second-order valence-corrected chi connectivity index (χ2v) is 17.1. The van der Waals surface area contributed by atoms with Gasteiger partial charge in [-0.15, -0.1) is 0 Å². The van der Waals surface area contributed by atoms with Crippen LogP contribution in [0.5, 0.6) is 0 Å². The van der Waals surface area contributed by atoms with E-state index in [9.17, 15) is 5.26 Å². The molecule has 0 aliphatic heterocycles. The summed E-state index contributed by atoms with van der Waals surface area (Å²) in [6.45, 7) is 32.0. The molecule has 3 heterocycles. The molecule has 9 aromatic carbocycles. The van der Waals surface area contributed by atoms with Crippen LogP contribution in [0, 0.1) is 37.6 Å². The summed E-state index contributed by atoms with van der Waals surface area (Å²) in [7, 11) is 0. The Bertz CT molecular complexity index is 4250. The van der Waals surface area contributed by atoms with Crippen molar-refractivity contribution in [3.05, 3.63) is 245 Å². The summed E-state index contributed by atoms with van der Waals surface area (Å²) in [6.07, 6.45) is 0. The molecule has 0 unspecified atom stereocenters. The van der Waals surface area contributed by atoms with Crippen LogP contribution < -0.4 is 0 Å². The smallest absolute Gasteiger partial charge is 0.194 e. The summed E-state index contributed by atoms with van der Waals surface area (Å²) in [5.41, 5.74) is 12.5. The average Bonchev–Trinajstić information content (AvgIpc) is 3.95. The van der Waals surface area contributed by atoms with Crippen molar-refractivity contribution in [3.63, 3.8) is 0 Å². The van der Waals surface area contributed by atoms with Crippen LogP contribution in [0.25, 0.3) is 131 Å². The maximum Gasteiger partial charge on any atom is 0.194 e. The summed E-state index contributed by atoms with van der Waals surface area (Å²) < 4.78 is 4.33. The van der Waals surface area contributed by atoms with E-state index in [4.69, 9.17) is 41.2 Å². The van der Waals surface area contributed by atoms with Gasteiger partial charge in [0, 0.05) is 22.1 Å². The van der Waals surface area contributed by atoms with Crippen LogP contribution in [0.2, 0.25) is 0 Å². The number of aromatic nitrogens is 5. The Morgan fingerprint density at radius 2 is 0.861 bits per heavy atom. The number of nitriles is 1. The van der Waals surface area contributed by atoms with Crippen LogP contribution >= 0.6 is 0 Å². The summed E-state index contributed by atoms with van der Waals surface area (Å²) >= 11 is 0. The van der Waals surface area contributed by atoms with Gasteiger partial charge < -0.3 is 9.13 Å². The number of para-hydroxylation sites is 1. The van der Waals surface area contributed by atoms with E-state index in [1.165, 1.54) is 0 Å². The summed E-state index contributed by atoms with van der Waals surface area (Å²) in [5, 5.41) is 13.4. The molecule has 0 fully saturated rings. The van der Waals surface area contributed by atoms with Crippen molar-refractivity contribution in [3.8, 4) is 73.9 Å². The lowest BCUT2D eigenvalue weighted by Gasteiger charge is -2.21. The van der Waals surface area contributed by atoms with Crippen molar-refractivity contribution >= 4 is 66.4 Å². The fourth-order valence-corrected chi connectivity index (χ4v) is 9.84. The lowest BCUT2D eigenvalue weighted by Crippen LogP contribution is -2.06. The zero-order chi connectivity index (χ0) is 48.9. The van der Waals surface area contributed by atoms with Gasteiger partial charge in [0.15, 0.2) is 40.2 Å². The standard InChI is InChI=1S/C62H32N10/c1-64-42-24-29-55-49(34-42)47-32-38(37-63)22-27-53(47)71(55)54-28-23-41(45-18-11-12-20-52(45)67-4)33-48(54)46-19-13-21-58(72-56-30-25-43(65-2)35-50(56)51-36-44(66-3)26-31-57(51)72)59(46)62-69-60(39-14-7-5-8-15-39)68-61(70-62)40-16-9-6-10-17-40/h5-36H. The Kier molecular flexibility index (Phi) is 10.2. The Morgan fingerprint density at radius 3 is 1.40 bits per heavy atom. The van der Waals surface area contributed by atoms with E-state index in [-0.39, 0.29) is 0 Å². The van der Waals surface area contributed by atoms with Gasteiger partial charge >= 0.3 is 0 Å². The molecule has 12 aromatic rings. The van der Waals surface area contributed by atoms with Gasteiger partial charge in [-0.25, -0.2) is 34.3 Å². The van der Waals surface area contributed by atoms with Crippen molar-refractivity contribution < 1.29 is 0 Å².